The summed E-state index contributed by atoms with van der Waals surface area (Å²) < 4.78 is 58.8. The number of carbonyl (C=O) groups is 2. The van der Waals surface area contributed by atoms with Crippen molar-refractivity contribution in [1.29, 1.82) is 0 Å². The van der Waals surface area contributed by atoms with Crippen LogP contribution in [0.2, 0.25) is 0 Å². The molecule has 2 aromatic rings. The van der Waals surface area contributed by atoms with Gasteiger partial charge < -0.3 is 33.7 Å². The van der Waals surface area contributed by atoms with E-state index in [-0.39, 0.29) is 60.9 Å². The van der Waals surface area contributed by atoms with E-state index in [1.54, 1.807) is 17.0 Å². The molecule has 1 amide bonds. The number of amides is 1. The van der Waals surface area contributed by atoms with E-state index in [1.807, 2.05) is 30.3 Å². The standard InChI is InChI=1S/C35H46N2O10S/c1-43-27-11-12-32-30(20-27)44-16-7-3-6-15-37-26(10-13-33(37)39)21-36(48(32,41)42)22-29(38)25(18-24-8-4-2-5-9-24)19-34(40)47-31-23-46-35-28(31)14-17-45-35/h2,4-5,8-9,11-12,20,25-26,28-29,31,35,38H,3,6-7,10,13-19,21-23H2,1H3/t25-,26+,28+,29-,31+,35-/m1/s1. The fraction of sp³-hybridized carbons (Fsp3) is 0.600. The van der Waals surface area contributed by atoms with Crippen molar-refractivity contribution in [2.45, 2.75) is 80.8 Å². The Morgan fingerprint density at radius 2 is 1.90 bits per heavy atom. The van der Waals surface area contributed by atoms with Gasteiger partial charge in [0.15, 0.2) is 6.29 Å². The molecule has 0 aliphatic carbocycles. The highest BCUT2D eigenvalue weighted by Crippen LogP contribution is 2.35. The molecule has 0 spiro atoms. The van der Waals surface area contributed by atoms with Crippen molar-refractivity contribution < 1.29 is 46.8 Å². The van der Waals surface area contributed by atoms with Crippen molar-refractivity contribution in [3.8, 4) is 11.5 Å². The second-order valence-electron chi connectivity index (χ2n) is 13.1. The SMILES string of the molecule is COc1ccc2c(c1)OCCCCCN1C(=O)CC[C@H]1CN(C[C@@H](O)[C@@H](CC(=O)O[C@H]1CO[C@H]3OCC[C@H]31)Cc1ccccc1)S2(=O)=O. The molecule has 6 rings (SSSR count). The summed E-state index contributed by atoms with van der Waals surface area (Å²) in [6, 6.07) is 13.7. The Kier molecular flexibility index (Phi) is 11.2. The maximum atomic E-state index is 14.5. The van der Waals surface area contributed by atoms with Crippen molar-refractivity contribution in [3.63, 3.8) is 0 Å². The Balaban J connectivity index is 1.28. The van der Waals surface area contributed by atoms with Gasteiger partial charge in [-0.1, -0.05) is 30.3 Å². The summed E-state index contributed by atoms with van der Waals surface area (Å²) >= 11 is 0. The van der Waals surface area contributed by atoms with Crippen molar-refractivity contribution in [3.05, 3.63) is 54.1 Å². The monoisotopic (exact) mass is 686 g/mol. The van der Waals surface area contributed by atoms with E-state index >= 15 is 0 Å². The molecule has 262 valence electrons. The van der Waals surface area contributed by atoms with Gasteiger partial charge in [-0.2, -0.15) is 4.31 Å². The number of carbonyl (C=O) groups excluding carboxylic acids is 2. The van der Waals surface area contributed by atoms with Gasteiger partial charge in [0.25, 0.3) is 0 Å². The molecule has 3 fully saturated rings. The molecule has 4 heterocycles. The van der Waals surface area contributed by atoms with E-state index in [0.29, 0.717) is 51.2 Å². The maximum absolute atomic E-state index is 14.5. The fourth-order valence-corrected chi connectivity index (χ4v) is 8.82. The van der Waals surface area contributed by atoms with Crippen LogP contribution in [0.5, 0.6) is 11.5 Å². The molecular formula is C35H46N2O10S. The lowest BCUT2D eigenvalue weighted by atomic mass is 9.90. The first-order chi connectivity index (χ1) is 23.2. The predicted molar refractivity (Wildman–Crippen MR) is 174 cm³/mol. The normalized spacial score (nSPS) is 27.3. The Hall–Kier alpha value is -3.23. The van der Waals surface area contributed by atoms with E-state index in [0.717, 1.165) is 24.8 Å². The van der Waals surface area contributed by atoms with Crippen molar-refractivity contribution in [2.75, 3.05) is 46.6 Å². The highest BCUT2D eigenvalue weighted by Gasteiger charge is 2.44. The summed E-state index contributed by atoms with van der Waals surface area (Å²) in [5.41, 5.74) is 0.897. The molecule has 2 aromatic carbocycles. The lowest BCUT2D eigenvalue weighted by Gasteiger charge is -2.33. The molecule has 48 heavy (non-hydrogen) atoms. The van der Waals surface area contributed by atoms with Gasteiger partial charge in [0.1, 0.15) is 22.5 Å². The maximum Gasteiger partial charge on any atom is 0.306 e. The highest BCUT2D eigenvalue weighted by molar-refractivity contribution is 7.89. The molecule has 0 saturated carbocycles. The highest BCUT2D eigenvalue weighted by atomic mass is 32.2. The quantitative estimate of drug-likeness (QED) is 0.391. The minimum absolute atomic E-state index is 0.00157. The number of sulfonamides is 1. The second kappa shape index (κ2) is 15.5. The second-order valence-corrected chi connectivity index (χ2v) is 15.0. The minimum Gasteiger partial charge on any atom is -0.497 e. The van der Waals surface area contributed by atoms with E-state index in [4.69, 9.17) is 23.7 Å². The van der Waals surface area contributed by atoms with Crippen LogP contribution in [-0.2, 0) is 40.2 Å². The largest absolute Gasteiger partial charge is 0.497 e. The van der Waals surface area contributed by atoms with Crippen LogP contribution in [0.25, 0.3) is 0 Å². The molecule has 6 atom stereocenters. The van der Waals surface area contributed by atoms with Gasteiger partial charge in [-0.3, -0.25) is 9.59 Å². The molecule has 0 unspecified atom stereocenters. The zero-order valence-electron chi connectivity index (χ0n) is 27.4. The number of methoxy groups -OCH3 is 1. The molecule has 4 aliphatic heterocycles. The molecule has 3 saturated heterocycles. The van der Waals surface area contributed by atoms with Crippen molar-refractivity contribution in [2.24, 2.45) is 11.8 Å². The molecular weight excluding hydrogens is 640 g/mol. The Bertz CT molecular complexity index is 1520. The lowest BCUT2D eigenvalue weighted by Crippen LogP contribution is -2.48. The number of hydrogen-bond acceptors (Lipinski definition) is 10. The van der Waals surface area contributed by atoms with E-state index in [9.17, 15) is 23.1 Å². The third kappa shape index (κ3) is 7.97. The molecule has 13 heteroatoms. The summed E-state index contributed by atoms with van der Waals surface area (Å²) in [6.45, 7) is 1.34. The van der Waals surface area contributed by atoms with Crippen LogP contribution in [0.15, 0.2) is 53.4 Å². The Morgan fingerprint density at radius 3 is 2.71 bits per heavy atom. The Labute approximate surface area is 282 Å². The van der Waals surface area contributed by atoms with Crippen LogP contribution in [0.3, 0.4) is 0 Å². The zero-order chi connectivity index (χ0) is 33.7. The third-order valence-corrected chi connectivity index (χ3v) is 11.8. The van der Waals surface area contributed by atoms with Crippen molar-refractivity contribution in [1.82, 2.24) is 9.21 Å². The molecule has 4 aliphatic rings. The smallest absolute Gasteiger partial charge is 0.306 e. The third-order valence-electron chi connectivity index (χ3n) is 9.91. The molecule has 0 aromatic heterocycles. The van der Waals surface area contributed by atoms with Gasteiger partial charge in [-0.05, 0) is 56.2 Å². The van der Waals surface area contributed by atoms with Crippen LogP contribution in [0.4, 0.5) is 0 Å². The summed E-state index contributed by atoms with van der Waals surface area (Å²) in [4.78, 5) is 28.0. The number of aliphatic hydroxyl groups excluding tert-OH is 1. The van der Waals surface area contributed by atoms with Crippen molar-refractivity contribution >= 4 is 21.9 Å². The van der Waals surface area contributed by atoms with Crippen LogP contribution >= 0.6 is 0 Å². The first-order valence-electron chi connectivity index (χ1n) is 17.0. The van der Waals surface area contributed by atoms with Gasteiger partial charge in [-0.25, -0.2) is 8.42 Å². The van der Waals surface area contributed by atoms with Crippen LogP contribution in [0.1, 0.15) is 50.5 Å². The average molecular weight is 687 g/mol. The number of esters is 1. The van der Waals surface area contributed by atoms with E-state index in [2.05, 4.69) is 0 Å². The molecule has 0 radical (unpaired) electrons. The van der Waals surface area contributed by atoms with Gasteiger partial charge in [0.05, 0.1) is 45.4 Å². The molecule has 0 bridgehead atoms. The number of ether oxygens (including phenoxy) is 5. The fourth-order valence-electron chi connectivity index (χ4n) is 7.22. The van der Waals surface area contributed by atoms with Gasteiger partial charge in [0.2, 0.25) is 15.9 Å². The molecule has 1 N–H and O–H groups in total. The van der Waals surface area contributed by atoms with E-state index < -0.39 is 34.1 Å². The van der Waals surface area contributed by atoms with Crippen LogP contribution in [0, 0.1) is 11.8 Å². The summed E-state index contributed by atoms with van der Waals surface area (Å²) in [5.74, 6) is -0.541. The lowest BCUT2D eigenvalue weighted by molar-refractivity contribution is -0.153. The number of rotatable bonds is 9. The number of benzene rings is 2. The van der Waals surface area contributed by atoms with Gasteiger partial charge in [0, 0.05) is 44.1 Å². The number of fused-ring (bicyclic) bond motifs is 3. The first kappa shape index (κ1) is 34.6. The van der Waals surface area contributed by atoms with Crippen LogP contribution < -0.4 is 9.47 Å². The number of β-amino-alcohol motifs (C(OH)–C–C–N with tert-alkyl or cyclic N) is 1. The van der Waals surface area contributed by atoms with Gasteiger partial charge >= 0.3 is 5.97 Å². The number of nitrogens with zero attached hydrogens (tertiary/aromatic N) is 2. The number of aliphatic hydroxyl groups is 1. The Morgan fingerprint density at radius 1 is 1.06 bits per heavy atom. The molecule has 12 nitrogen and oxygen atoms in total. The topological polar surface area (TPSA) is 141 Å². The van der Waals surface area contributed by atoms with Gasteiger partial charge in [-0.15, -0.1) is 0 Å². The van der Waals surface area contributed by atoms with Crippen LogP contribution in [-0.4, -0.2) is 106 Å². The summed E-state index contributed by atoms with van der Waals surface area (Å²) in [5, 5.41) is 11.9. The summed E-state index contributed by atoms with van der Waals surface area (Å²) in [6.07, 6.45) is 2.06. The minimum atomic E-state index is -4.25. The van der Waals surface area contributed by atoms with E-state index in [1.165, 1.54) is 17.5 Å². The summed E-state index contributed by atoms with van der Waals surface area (Å²) in [7, 11) is -2.75. The zero-order valence-corrected chi connectivity index (χ0v) is 28.2. The average Bonchev–Trinajstić information content (AvgIpc) is 3.79. The predicted octanol–water partition coefficient (Wildman–Crippen LogP) is 3.15. The number of hydrogen-bond donors (Lipinski definition) is 1. The first-order valence-corrected chi connectivity index (χ1v) is 18.4.